The summed E-state index contributed by atoms with van der Waals surface area (Å²) in [4.78, 5) is 14.7. The van der Waals surface area contributed by atoms with Gasteiger partial charge in [0, 0.05) is 0 Å². The Morgan fingerprint density at radius 3 is 2.72 bits per heavy atom. The van der Waals surface area contributed by atoms with Gasteiger partial charge in [0.15, 0.2) is 0 Å². The molecule has 3 atom stereocenters. The summed E-state index contributed by atoms with van der Waals surface area (Å²) < 4.78 is 11.8. The summed E-state index contributed by atoms with van der Waals surface area (Å²) in [5.74, 6) is -0.0742. The van der Waals surface area contributed by atoms with E-state index in [1.54, 1.807) is 24.0 Å². The fourth-order valence-corrected chi connectivity index (χ4v) is 3.31. The molecule has 6 heteroatoms. The maximum absolute atomic E-state index is 13.1. The van der Waals surface area contributed by atoms with Crippen molar-refractivity contribution in [3.8, 4) is 0 Å². The molecule has 1 aliphatic rings. The summed E-state index contributed by atoms with van der Waals surface area (Å²) in [6.07, 6.45) is 1.25. The number of allylic oxidation sites excluding steroid dienone is 1. The first-order chi connectivity index (χ1) is 12.0. The van der Waals surface area contributed by atoms with Crippen LogP contribution >= 0.6 is 0 Å². The molecule has 0 aromatic heterocycles. The number of aliphatic hydroxyl groups is 1. The van der Waals surface area contributed by atoms with Crippen LogP contribution in [0.5, 0.6) is 0 Å². The number of benzene rings is 1. The van der Waals surface area contributed by atoms with E-state index in [1.807, 2.05) is 44.2 Å². The number of carbonyl (C=O) groups excluding carboxylic acids is 1. The molecule has 25 heavy (non-hydrogen) atoms. The van der Waals surface area contributed by atoms with Gasteiger partial charge in [-0.25, -0.2) is 0 Å². The molecular formula is C19H25NO4Se. The van der Waals surface area contributed by atoms with E-state index in [-0.39, 0.29) is 24.5 Å². The van der Waals surface area contributed by atoms with Gasteiger partial charge in [-0.1, -0.05) is 0 Å². The van der Waals surface area contributed by atoms with Crippen LogP contribution < -0.4 is 0 Å². The van der Waals surface area contributed by atoms with Gasteiger partial charge in [-0.3, -0.25) is 0 Å². The molecule has 1 fully saturated rings. The van der Waals surface area contributed by atoms with E-state index in [0.29, 0.717) is 11.3 Å². The topological polar surface area (TPSA) is 59.0 Å². The zero-order chi connectivity index (χ0) is 18.4. The Morgan fingerprint density at radius 1 is 1.44 bits per heavy atom. The van der Waals surface area contributed by atoms with Gasteiger partial charge in [-0.05, 0) is 0 Å². The molecule has 1 aliphatic heterocycles. The van der Waals surface area contributed by atoms with E-state index in [2.05, 4.69) is 15.6 Å². The summed E-state index contributed by atoms with van der Waals surface area (Å²) in [6, 6.07) is 9.50. The van der Waals surface area contributed by atoms with Gasteiger partial charge < -0.3 is 0 Å². The van der Waals surface area contributed by atoms with Crippen molar-refractivity contribution in [2.24, 2.45) is 5.92 Å². The predicted molar refractivity (Wildman–Crippen MR) is 98.0 cm³/mol. The van der Waals surface area contributed by atoms with Crippen molar-refractivity contribution >= 4 is 26.2 Å². The average molecular weight is 410 g/mol. The fourth-order valence-electron chi connectivity index (χ4n) is 2.69. The molecule has 5 nitrogen and oxygen atoms in total. The summed E-state index contributed by atoms with van der Waals surface area (Å²) in [5, 5.41) is 10.4. The van der Waals surface area contributed by atoms with E-state index >= 15 is 0 Å². The number of amides is 1. The first kappa shape index (κ1) is 19.9. The minimum absolute atomic E-state index is 0.0793. The molecule has 1 aromatic rings. The van der Waals surface area contributed by atoms with E-state index in [0.717, 1.165) is 5.56 Å². The van der Waals surface area contributed by atoms with Gasteiger partial charge >= 0.3 is 157 Å². The monoisotopic (exact) mass is 411 g/mol. The molecular weight excluding hydrogens is 385 g/mol. The van der Waals surface area contributed by atoms with E-state index < -0.39 is 12.2 Å². The van der Waals surface area contributed by atoms with Crippen LogP contribution in [0.1, 0.15) is 26.3 Å². The SMILES string of the molecule is C/C=C/C(O)C(OCc1ccccc1)C(=O)N1C(=[Se])OCC1C(C)C. The molecule has 1 N–H and O–H groups in total. The summed E-state index contributed by atoms with van der Waals surface area (Å²) in [6.45, 7) is 6.56. The summed E-state index contributed by atoms with van der Waals surface area (Å²) >= 11 is 2.80. The summed E-state index contributed by atoms with van der Waals surface area (Å²) in [7, 11) is 0. The van der Waals surface area contributed by atoms with Crippen LogP contribution in [0.3, 0.4) is 0 Å². The van der Waals surface area contributed by atoms with Crippen LogP contribution in [0.15, 0.2) is 42.5 Å². The minimum atomic E-state index is -1.03. The molecule has 1 saturated heterocycles. The third-order valence-electron chi connectivity index (χ3n) is 4.13. The standard InChI is InChI=1S/C19H25NO4Se/c1-4-8-16(21)17(23-11-14-9-6-5-7-10-14)18(22)20-15(13(2)3)12-24-19(20)25/h4-10,13,15-17,21H,11-12H2,1-3H3/b8-4+. The molecule has 0 bridgehead atoms. The average Bonchev–Trinajstić information content (AvgIpc) is 2.98. The second-order valence-corrected chi connectivity index (χ2v) is 7.06. The quantitative estimate of drug-likeness (QED) is 0.549. The maximum atomic E-state index is 13.1. The second-order valence-electron chi connectivity index (χ2n) is 6.33. The number of aliphatic hydroxyl groups excluding tert-OH is 1. The van der Waals surface area contributed by atoms with Crippen molar-refractivity contribution in [2.75, 3.05) is 6.61 Å². The third kappa shape index (κ3) is 5.02. The molecule has 1 heterocycles. The van der Waals surface area contributed by atoms with Gasteiger partial charge in [0.05, 0.1) is 0 Å². The molecule has 3 unspecified atom stereocenters. The molecule has 0 saturated carbocycles. The van der Waals surface area contributed by atoms with Crippen LogP contribution in [-0.4, -0.2) is 61.1 Å². The van der Waals surface area contributed by atoms with Gasteiger partial charge in [0.2, 0.25) is 0 Å². The van der Waals surface area contributed by atoms with Crippen LogP contribution in [0.4, 0.5) is 0 Å². The molecule has 136 valence electrons. The van der Waals surface area contributed by atoms with Gasteiger partial charge in [0.1, 0.15) is 0 Å². The van der Waals surface area contributed by atoms with Gasteiger partial charge in [-0.2, -0.15) is 0 Å². The van der Waals surface area contributed by atoms with Crippen molar-refractivity contribution in [1.82, 2.24) is 4.90 Å². The second kappa shape index (κ2) is 9.30. The molecule has 0 spiro atoms. The molecule has 1 aromatic carbocycles. The van der Waals surface area contributed by atoms with E-state index in [4.69, 9.17) is 9.47 Å². The number of rotatable bonds is 7. The Kier molecular flexibility index (Phi) is 7.38. The van der Waals surface area contributed by atoms with Crippen molar-refractivity contribution in [3.05, 3.63) is 48.0 Å². The molecule has 2 rings (SSSR count). The van der Waals surface area contributed by atoms with Crippen LogP contribution in [0, 0.1) is 5.92 Å². The van der Waals surface area contributed by atoms with Crippen LogP contribution in [0.25, 0.3) is 0 Å². The van der Waals surface area contributed by atoms with Crippen molar-refractivity contribution < 1.29 is 19.4 Å². The number of hydrogen-bond donors (Lipinski definition) is 1. The number of carbonyl (C=O) groups is 1. The van der Waals surface area contributed by atoms with Crippen molar-refractivity contribution in [3.63, 3.8) is 0 Å². The number of nitrogens with zero attached hydrogens (tertiary/aromatic N) is 1. The van der Waals surface area contributed by atoms with Crippen molar-refractivity contribution in [1.29, 1.82) is 0 Å². The first-order valence-electron chi connectivity index (χ1n) is 8.42. The zero-order valence-corrected chi connectivity index (χ0v) is 16.5. The third-order valence-corrected chi connectivity index (χ3v) is 4.79. The van der Waals surface area contributed by atoms with Gasteiger partial charge in [-0.15, -0.1) is 0 Å². The van der Waals surface area contributed by atoms with Crippen LogP contribution in [0.2, 0.25) is 0 Å². The fraction of sp³-hybridized carbons (Fsp3) is 0.474. The number of hydrogen-bond acceptors (Lipinski definition) is 4. The Bertz CT molecular complexity index is 617. The normalized spacial score (nSPS) is 20.1. The molecule has 1 amide bonds. The van der Waals surface area contributed by atoms with E-state index in [1.165, 1.54) is 0 Å². The van der Waals surface area contributed by atoms with Gasteiger partial charge in [0.25, 0.3) is 0 Å². The molecule has 0 aliphatic carbocycles. The van der Waals surface area contributed by atoms with Crippen LogP contribution in [-0.2, 0) is 20.9 Å². The Labute approximate surface area is 157 Å². The molecule has 0 radical (unpaired) electrons. The van der Waals surface area contributed by atoms with E-state index in [9.17, 15) is 9.90 Å². The van der Waals surface area contributed by atoms with Crippen molar-refractivity contribution in [2.45, 2.75) is 45.6 Å². The Morgan fingerprint density at radius 2 is 2.12 bits per heavy atom. The zero-order valence-electron chi connectivity index (χ0n) is 14.8. The number of ether oxygens (including phenoxy) is 2. The predicted octanol–water partition coefficient (Wildman–Crippen LogP) is 1.65. The first-order valence-corrected chi connectivity index (χ1v) is 9.27. The Hall–Kier alpha value is -1.46. The summed E-state index contributed by atoms with van der Waals surface area (Å²) in [5.41, 5.74) is 0.943. The Balaban J connectivity index is 2.18.